The summed E-state index contributed by atoms with van der Waals surface area (Å²) < 4.78 is 0. The minimum absolute atomic E-state index is 0.983. The molecule has 0 aliphatic carbocycles. The fraction of sp³-hybridized carbons (Fsp3) is 0. The summed E-state index contributed by atoms with van der Waals surface area (Å²) >= 11 is 1.67. The van der Waals surface area contributed by atoms with Crippen molar-refractivity contribution in [1.82, 2.24) is 10.3 Å². The van der Waals surface area contributed by atoms with E-state index in [0.717, 1.165) is 10.7 Å². The first-order valence-corrected chi connectivity index (χ1v) is 4.54. The molecule has 2 rings (SSSR count). The molecule has 0 aromatic carbocycles. The highest BCUT2D eigenvalue weighted by Gasteiger charge is 1.98. The number of thioether (sulfide) groups is 1. The maximum absolute atomic E-state index is 4.18. The molecule has 1 aliphatic rings. The van der Waals surface area contributed by atoms with Crippen LogP contribution < -0.4 is 5.32 Å². The third-order valence-electron chi connectivity index (χ3n) is 1.46. The lowest BCUT2D eigenvalue weighted by atomic mass is 10.3. The monoisotopic (exact) mass is 176 g/mol. The average Bonchev–Trinajstić information content (AvgIpc) is 2.59. The van der Waals surface area contributed by atoms with E-state index in [1.807, 2.05) is 35.9 Å². The Morgan fingerprint density at radius 2 is 2.42 bits per heavy atom. The smallest absolute Gasteiger partial charge is 0.0785 e. The SMILES string of the molecule is C1=CS/C(=C\c2ccccn2)N1. The third-order valence-corrected chi connectivity index (χ3v) is 2.22. The zero-order chi connectivity index (χ0) is 8.23. The Morgan fingerprint density at radius 1 is 1.42 bits per heavy atom. The first-order chi connectivity index (χ1) is 5.95. The maximum Gasteiger partial charge on any atom is 0.0785 e. The molecule has 0 radical (unpaired) electrons. The van der Waals surface area contributed by atoms with Gasteiger partial charge in [-0.25, -0.2) is 0 Å². The highest BCUT2D eigenvalue weighted by atomic mass is 32.2. The number of hydrogen-bond acceptors (Lipinski definition) is 3. The van der Waals surface area contributed by atoms with Crippen LogP contribution in [0.25, 0.3) is 6.08 Å². The van der Waals surface area contributed by atoms with Gasteiger partial charge >= 0.3 is 0 Å². The summed E-state index contributed by atoms with van der Waals surface area (Å²) in [5.74, 6) is 0. The molecule has 0 amide bonds. The first-order valence-electron chi connectivity index (χ1n) is 3.66. The molecule has 12 heavy (non-hydrogen) atoms. The molecule has 0 spiro atoms. The van der Waals surface area contributed by atoms with Gasteiger partial charge in [0, 0.05) is 12.4 Å². The van der Waals surface area contributed by atoms with Gasteiger partial charge in [0.25, 0.3) is 0 Å². The zero-order valence-electron chi connectivity index (χ0n) is 6.40. The van der Waals surface area contributed by atoms with Gasteiger partial charge in [-0.3, -0.25) is 4.98 Å². The van der Waals surface area contributed by atoms with E-state index in [-0.39, 0.29) is 0 Å². The topological polar surface area (TPSA) is 24.9 Å². The van der Waals surface area contributed by atoms with Crippen molar-refractivity contribution in [2.45, 2.75) is 0 Å². The number of aromatic nitrogens is 1. The molecule has 0 fully saturated rings. The summed E-state index contributed by atoms with van der Waals surface area (Å²) in [4.78, 5) is 4.18. The van der Waals surface area contributed by atoms with Crippen LogP contribution in [0.5, 0.6) is 0 Å². The van der Waals surface area contributed by atoms with Crippen LogP contribution in [0.3, 0.4) is 0 Å². The van der Waals surface area contributed by atoms with E-state index in [9.17, 15) is 0 Å². The molecule has 1 aromatic rings. The van der Waals surface area contributed by atoms with Crippen LogP contribution in [0.2, 0.25) is 0 Å². The number of hydrogen-bond donors (Lipinski definition) is 1. The summed E-state index contributed by atoms with van der Waals surface area (Å²) in [6, 6.07) is 5.87. The molecule has 2 nitrogen and oxygen atoms in total. The number of nitrogens with zero attached hydrogens (tertiary/aromatic N) is 1. The molecule has 1 aromatic heterocycles. The van der Waals surface area contributed by atoms with Crippen LogP contribution in [0, 0.1) is 0 Å². The van der Waals surface area contributed by atoms with E-state index in [1.54, 1.807) is 18.0 Å². The molecule has 1 aliphatic heterocycles. The molecule has 0 bridgehead atoms. The number of pyridine rings is 1. The van der Waals surface area contributed by atoms with E-state index < -0.39 is 0 Å². The standard InChI is InChI=1S/C9H8N2S/c1-2-4-10-8(3-1)7-9-11-5-6-12-9/h1-7,11H/b9-7-. The minimum Gasteiger partial charge on any atom is -0.356 e. The van der Waals surface area contributed by atoms with Crippen molar-refractivity contribution < 1.29 is 0 Å². The van der Waals surface area contributed by atoms with Crippen LogP contribution in [0.1, 0.15) is 5.69 Å². The molecule has 0 atom stereocenters. The second-order valence-corrected chi connectivity index (χ2v) is 3.28. The summed E-state index contributed by atoms with van der Waals surface area (Å²) in [5.41, 5.74) is 0.983. The van der Waals surface area contributed by atoms with Crippen molar-refractivity contribution >= 4 is 17.8 Å². The van der Waals surface area contributed by atoms with Crippen LogP contribution in [-0.4, -0.2) is 4.98 Å². The lowest BCUT2D eigenvalue weighted by Gasteiger charge is -1.95. The third kappa shape index (κ3) is 1.68. The van der Waals surface area contributed by atoms with Gasteiger partial charge in [-0.05, 0) is 23.6 Å². The average molecular weight is 176 g/mol. The van der Waals surface area contributed by atoms with Crippen LogP contribution in [0.4, 0.5) is 0 Å². The Kier molecular flexibility index (Phi) is 2.14. The number of rotatable bonds is 1. The molecule has 0 saturated heterocycles. The van der Waals surface area contributed by atoms with E-state index in [2.05, 4.69) is 10.3 Å². The molecule has 2 heterocycles. The predicted octanol–water partition coefficient (Wildman–Crippen LogP) is 2.19. The van der Waals surface area contributed by atoms with Crippen molar-refractivity contribution in [2.24, 2.45) is 0 Å². The molecule has 0 saturated carbocycles. The Labute approximate surface area is 75.4 Å². The van der Waals surface area contributed by atoms with Crippen LogP contribution in [0.15, 0.2) is 41.0 Å². The van der Waals surface area contributed by atoms with E-state index in [4.69, 9.17) is 0 Å². The van der Waals surface area contributed by atoms with Gasteiger partial charge in [-0.1, -0.05) is 17.8 Å². The van der Waals surface area contributed by atoms with Gasteiger partial charge in [-0.2, -0.15) is 0 Å². The van der Waals surface area contributed by atoms with Gasteiger partial charge in [0.15, 0.2) is 0 Å². The Bertz CT molecular complexity index is 307. The summed E-state index contributed by atoms with van der Waals surface area (Å²) in [5, 5.41) is 6.24. The normalized spacial score (nSPS) is 18.2. The Morgan fingerprint density at radius 3 is 3.08 bits per heavy atom. The summed E-state index contributed by atoms with van der Waals surface area (Å²) in [6.07, 6.45) is 5.73. The minimum atomic E-state index is 0.983. The van der Waals surface area contributed by atoms with Gasteiger partial charge in [0.05, 0.1) is 10.7 Å². The fourth-order valence-corrected chi connectivity index (χ4v) is 1.54. The van der Waals surface area contributed by atoms with Crippen molar-refractivity contribution in [3.05, 3.63) is 46.7 Å². The second-order valence-electron chi connectivity index (χ2n) is 2.33. The van der Waals surface area contributed by atoms with Gasteiger partial charge < -0.3 is 5.32 Å². The molecular weight excluding hydrogens is 168 g/mol. The summed E-state index contributed by atoms with van der Waals surface area (Å²) in [7, 11) is 0. The van der Waals surface area contributed by atoms with Gasteiger partial charge in [0.2, 0.25) is 0 Å². The van der Waals surface area contributed by atoms with Crippen molar-refractivity contribution in [3.8, 4) is 0 Å². The van der Waals surface area contributed by atoms with Crippen molar-refractivity contribution in [3.63, 3.8) is 0 Å². The van der Waals surface area contributed by atoms with Crippen LogP contribution in [-0.2, 0) is 0 Å². The van der Waals surface area contributed by atoms with Gasteiger partial charge in [-0.15, -0.1) is 0 Å². The predicted molar refractivity (Wildman–Crippen MR) is 52.1 cm³/mol. The van der Waals surface area contributed by atoms with Crippen LogP contribution >= 0.6 is 11.8 Å². The molecular formula is C9H8N2S. The summed E-state index contributed by atoms with van der Waals surface area (Å²) in [6.45, 7) is 0. The quantitative estimate of drug-likeness (QED) is 0.710. The first kappa shape index (κ1) is 7.43. The Hall–Kier alpha value is -1.22. The molecule has 60 valence electrons. The van der Waals surface area contributed by atoms with E-state index in [1.165, 1.54) is 0 Å². The lowest BCUT2D eigenvalue weighted by Crippen LogP contribution is -1.94. The zero-order valence-corrected chi connectivity index (χ0v) is 7.21. The molecule has 0 unspecified atom stereocenters. The van der Waals surface area contributed by atoms with E-state index >= 15 is 0 Å². The van der Waals surface area contributed by atoms with Crippen molar-refractivity contribution in [1.29, 1.82) is 0 Å². The highest BCUT2D eigenvalue weighted by molar-refractivity contribution is 8.06. The lowest BCUT2D eigenvalue weighted by molar-refractivity contribution is 1.19. The number of nitrogens with one attached hydrogen (secondary N) is 1. The molecule has 1 N–H and O–H groups in total. The highest BCUT2D eigenvalue weighted by Crippen LogP contribution is 2.20. The van der Waals surface area contributed by atoms with E-state index in [0.29, 0.717) is 0 Å². The van der Waals surface area contributed by atoms with Crippen molar-refractivity contribution in [2.75, 3.05) is 0 Å². The largest absolute Gasteiger partial charge is 0.356 e. The maximum atomic E-state index is 4.18. The van der Waals surface area contributed by atoms with Gasteiger partial charge in [0.1, 0.15) is 0 Å². The second kappa shape index (κ2) is 3.45. The fourth-order valence-electron chi connectivity index (χ4n) is 0.929. The Balaban J connectivity index is 2.17. The molecule has 3 heteroatoms.